The Labute approximate surface area is 217 Å². The minimum absolute atomic E-state index is 0.0120. The number of thiazole rings is 1. The fraction of sp³-hybridized carbons (Fsp3) is 0.654. The largest absolute Gasteiger partial charge is 0.444 e. The third-order valence-corrected chi connectivity index (χ3v) is 7.49. The maximum Gasteiger partial charge on any atom is 0.408 e. The van der Waals surface area contributed by atoms with Crippen LogP contribution < -0.4 is 10.6 Å². The minimum Gasteiger partial charge on any atom is -0.444 e. The molecule has 1 atom stereocenters. The molecule has 1 saturated carbocycles. The van der Waals surface area contributed by atoms with Gasteiger partial charge >= 0.3 is 6.09 Å². The number of aromatic nitrogens is 3. The molecule has 3 heterocycles. The molecule has 2 aromatic rings. The highest BCUT2D eigenvalue weighted by molar-refractivity contribution is 7.15. The molecule has 9 nitrogen and oxygen atoms in total. The Hall–Kier alpha value is -2.75. The molecule has 36 heavy (non-hydrogen) atoms. The molecule has 10 heteroatoms. The van der Waals surface area contributed by atoms with Crippen molar-refractivity contribution >= 4 is 34.3 Å². The van der Waals surface area contributed by atoms with Crippen molar-refractivity contribution in [2.75, 3.05) is 18.4 Å². The number of ether oxygens (including phenoxy) is 1. The fourth-order valence-electron chi connectivity index (χ4n) is 5.08. The summed E-state index contributed by atoms with van der Waals surface area (Å²) in [6.45, 7) is 10.7. The predicted molar refractivity (Wildman–Crippen MR) is 141 cm³/mol. The molecule has 2 fully saturated rings. The van der Waals surface area contributed by atoms with Crippen LogP contribution in [0.15, 0.2) is 12.3 Å². The van der Waals surface area contributed by atoms with Crippen molar-refractivity contribution in [1.82, 2.24) is 25.2 Å². The number of anilines is 2. The van der Waals surface area contributed by atoms with Gasteiger partial charge in [0.05, 0.1) is 0 Å². The van der Waals surface area contributed by atoms with E-state index in [9.17, 15) is 9.59 Å². The molecule has 0 aromatic carbocycles. The number of piperidine rings is 1. The van der Waals surface area contributed by atoms with E-state index in [0.29, 0.717) is 31.7 Å². The summed E-state index contributed by atoms with van der Waals surface area (Å²) in [6, 6.07) is 1.91. The number of carbonyl (C=O) groups excluding carboxylic acids is 2. The molecule has 2 aliphatic rings. The Morgan fingerprint density at radius 2 is 1.89 bits per heavy atom. The summed E-state index contributed by atoms with van der Waals surface area (Å²) < 4.78 is 5.52. The van der Waals surface area contributed by atoms with Crippen molar-refractivity contribution in [2.24, 2.45) is 0 Å². The molecule has 0 spiro atoms. The molecule has 2 aromatic heterocycles. The Balaban J connectivity index is 1.50. The second-order valence-electron chi connectivity index (χ2n) is 11.0. The molecule has 196 valence electrons. The molecule has 0 radical (unpaired) electrons. The number of hydrogen-bond donors (Lipinski definition) is 2. The first-order valence-corrected chi connectivity index (χ1v) is 13.7. The third kappa shape index (κ3) is 6.52. The zero-order chi connectivity index (χ0) is 25.9. The first-order chi connectivity index (χ1) is 17.0. The highest BCUT2D eigenvalue weighted by Gasteiger charge is 2.45. The number of aryl methyl sites for hydroxylation is 2. The van der Waals surface area contributed by atoms with Crippen LogP contribution in [0.5, 0.6) is 0 Å². The number of rotatable bonds is 5. The lowest BCUT2D eigenvalue weighted by Gasteiger charge is -2.42. The zero-order valence-electron chi connectivity index (χ0n) is 22.0. The van der Waals surface area contributed by atoms with Crippen molar-refractivity contribution in [1.29, 1.82) is 0 Å². The van der Waals surface area contributed by atoms with Crippen molar-refractivity contribution < 1.29 is 14.3 Å². The van der Waals surface area contributed by atoms with Crippen molar-refractivity contribution in [3.05, 3.63) is 28.7 Å². The van der Waals surface area contributed by atoms with Gasteiger partial charge in [-0.15, -0.1) is 11.3 Å². The summed E-state index contributed by atoms with van der Waals surface area (Å²) in [5, 5.41) is 7.08. The van der Waals surface area contributed by atoms with Crippen LogP contribution in [0.1, 0.15) is 88.0 Å². The number of carbonyl (C=O) groups is 2. The number of hydrogen-bond acceptors (Lipinski definition) is 8. The van der Waals surface area contributed by atoms with Gasteiger partial charge in [0.2, 0.25) is 5.91 Å². The molecule has 1 unspecified atom stereocenters. The summed E-state index contributed by atoms with van der Waals surface area (Å²) in [7, 11) is 0. The molecule has 0 bridgehead atoms. The average molecular weight is 515 g/mol. The molecular weight excluding hydrogens is 476 g/mol. The maximum absolute atomic E-state index is 13.9. The summed E-state index contributed by atoms with van der Waals surface area (Å²) in [6.07, 6.45) is 7.23. The lowest BCUT2D eigenvalue weighted by atomic mass is 9.80. The highest BCUT2D eigenvalue weighted by Crippen LogP contribution is 2.34. The number of amides is 2. The van der Waals surface area contributed by atoms with Crippen molar-refractivity contribution in [3.63, 3.8) is 0 Å². The van der Waals surface area contributed by atoms with E-state index >= 15 is 0 Å². The monoisotopic (exact) mass is 514 g/mol. The number of nitrogens with zero attached hydrogens (tertiary/aromatic N) is 4. The molecule has 1 saturated heterocycles. The van der Waals surface area contributed by atoms with Gasteiger partial charge in [-0.3, -0.25) is 4.79 Å². The zero-order valence-corrected chi connectivity index (χ0v) is 22.8. The Morgan fingerprint density at radius 1 is 1.14 bits per heavy atom. The van der Waals surface area contributed by atoms with Gasteiger partial charge in [0.1, 0.15) is 22.8 Å². The third-order valence-electron chi connectivity index (χ3n) is 6.66. The van der Waals surface area contributed by atoms with Crippen LogP contribution in [0.3, 0.4) is 0 Å². The first-order valence-electron chi connectivity index (χ1n) is 12.9. The Kier molecular flexibility index (Phi) is 7.82. The van der Waals surface area contributed by atoms with E-state index in [-0.39, 0.29) is 11.8 Å². The molecular formula is C26H38N6O3S. The molecule has 2 N–H and O–H groups in total. The second kappa shape index (κ2) is 10.7. The van der Waals surface area contributed by atoms with Gasteiger partial charge in [-0.25, -0.2) is 19.7 Å². The van der Waals surface area contributed by atoms with Crippen LogP contribution in [0.25, 0.3) is 0 Å². The van der Waals surface area contributed by atoms with E-state index in [1.807, 2.05) is 51.8 Å². The predicted octanol–water partition coefficient (Wildman–Crippen LogP) is 5.23. The summed E-state index contributed by atoms with van der Waals surface area (Å²) >= 11 is 1.58. The van der Waals surface area contributed by atoms with E-state index in [4.69, 9.17) is 14.7 Å². The van der Waals surface area contributed by atoms with Crippen LogP contribution in [0, 0.1) is 13.8 Å². The van der Waals surface area contributed by atoms with Gasteiger partial charge in [0.15, 0.2) is 5.13 Å². The van der Waals surface area contributed by atoms with Crippen LogP contribution in [0.2, 0.25) is 0 Å². The minimum atomic E-state index is -0.911. The van der Waals surface area contributed by atoms with Crippen molar-refractivity contribution in [3.8, 4) is 0 Å². The van der Waals surface area contributed by atoms with Gasteiger partial charge in [-0.05, 0) is 60.3 Å². The summed E-state index contributed by atoms with van der Waals surface area (Å²) in [5.74, 6) is 1.47. The van der Waals surface area contributed by atoms with Gasteiger partial charge in [0.25, 0.3) is 0 Å². The van der Waals surface area contributed by atoms with Crippen LogP contribution >= 0.6 is 11.3 Å². The average Bonchev–Trinajstić information content (AvgIpc) is 3.22. The lowest BCUT2D eigenvalue weighted by molar-refractivity contribution is -0.141. The molecule has 4 rings (SSSR count). The van der Waals surface area contributed by atoms with Gasteiger partial charge in [-0.1, -0.05) is 19.3 Å². The topological polar surface area (TPSA) is 109 Å². The van der Waals surface area contributed by atoms with Gasteiger partial charge < -0.3 is 20.3 Å². The second-order valence-corrected chi connectivity index (χ2v) is 12.2. The Bertz CT molecular complexity index is 1090. The smallest absolute Gasteiger partial charge is 0.408 e. The normalized spacial score (nSPS) is 20.0. The number of alkyl carbamates (subject to hydrolysis) is 1. The standard InChI is InChI=1S/C26H38N6O3S/c1-17-14-20(30-23-27-15-18(2)36-23)29-21(28-17)19-10-9-13-32(16-19)22(33)26(11-7-6-8-12-26)31-24(34)35-25(3,4)5/h14-15,19H,6-13,16H2,1-5H3,(H,31,34)(H,27,28,29,30). The molecule has 1 aliphatic heterocycles. The van der Waals surface area contributed by atoms with Crippen LogP contribution in [0.4, 0.5) is 15.7 Å². The summed E-state index contributed by atoms with van der Waals surface area (Å²) in [4.78, 5) is 43.5. The number of nitrogens with one attached hydrogen (secondary N) is 2. The van der Waals surface area contributed by atoms with Crippen LogP contribution in [-0.2, 0) is 9.53 Å². The van der Waals surface area contributed by atoms with Gasteiger partial charge in [-0.2, -0.15) is 0 Å². The number of likely N-dealkylation sites (tertiary alicyclic amines) is 1. The fourth-order valence-corrected chi connectivity index (χ4v) is 5.75. The van der Waals surface area contributed by atoms with E-state index in [2.05, 4.69) is 15.6 Å². The highest BCUT2D eigenvalue weighted by atomic mass is 32.1. The van der Waals surface area contributed by atoms with E-state index in [0.717, 1.165) is 53.6 Å². The molecule has 1 aliphatic carbocycles. The first kappa shape index (κ1) is 26.3. The van der Waals surface area contributed by atoms with E-state index in [1.54, 1.807) is 11.3 Å². The maximum atomic E-state index is 13.9. The van der Waals surface area contributed by atoms with Gasteiger partial charge in [0, 0.05) is 41.8 Å². The SMILES string of the molecule is Cc1cc(Nc2ncc(C)s2)nc(C2CCCN(C(=O)C3(NC(=O)OC(C)(C)C)CCCCC3)C2)n1. The van der Waals surface area contributed by atoms with E-state index < -0.39 is 17.2 Å². The van der Waals surface area contributed by atoms with E-state index in [1.165, 1.54) is 0 Å². The molecule has 2 amide bonds. The quantitative estimate of drug-likeness (QED) is 0.562. The van der Waals surface area contributed by atoms with Crippen molar-refractivity contribution in [2.45, 2.75) is 96.6 Å². The summed E-state index contributed by atoms with van der Waals surface area (Å²) in [5.41, 5.74) is -0.662. The van der Waals surface area contributed by atoms with Crippen LogP contribution in [-0.4, -0.2) is 56.1 Å². The lowest BCUT2D eigenvalue weighted by Crippen LogP contribution is -2.62. The Morgan fingerprint density at radius 3 is 2.56 bits per heavy atom.